The Morgan fingerprint density at radius 3 is 2.32 bits per heavy atom. The number of halogens is 3. The molecule has 2 heterocycles. The fourth-order valence-corrected chi connectivity index (χ4v) is 5.69. The molecule has 0 N–H and O–H groups in total. The van der Waals surface area contributed by atoms with Crippen molar-refractivity contribution in [3.63, 3.8) is 0 Å². The zero-order chi connectivity index (χ0) is 27.7. The van der Waals surface area contributed by atoms with Crippen LogP contribution in [0.3, 0.4) is 0 Å². The van der Waals surface area contributed by atoms with Crippen molar-refractivity contribution in [3.05, 3.63) is 82.3 Å². The number of rotatable bonds is 7. The summed E-state index contributed by atoms with van der Waals surface area (Å²) >= 11 is 0. The molecule has 0 unspecified atom stereocenters. The minimum atomic E-state index is -4.56. The molecule has 8 nitrogen and oxygen atoms in total. The Balaban J connectivity index is 1.67. The van der Waals surface area contributed by atoms with E-state index in [0.29, 0.717) is 13.1 Å². The van der Waals surface area contributed by atoms with Crippen LogP contribution in [0.25, 0.3) is 11.1 Å². The average molecular weight is 549 g/mol. The Morgan fingerprint density at radius 2 is 1.66 bits per heavy atom. The maximum atomic E-state index is 13.2. The van der Waals surface area contributed by atoms with E-state index < -0.39 is 45.6 Å². The number of Topliss-reactive ketones (excluding diaryl/α,β-unsaturated/α-hetero) is 1. The molecule has 3 aromatic rings. The third-order valence-corrected chi connectivity index (χ3v) is 7.91. The van der Waals surface area contributed by atoms with E-state index in [2.05, 4.69) is 0 Å². The van der Waals surface area contributed by atoms with E-state index in [-0.39, 0.29) is 27.3 Å². The highest BCUT2D eigenvalue weighted by atomic mass is 32.2. The summed E-state index contributed by atoms with van der Waals surface area (Å²) in [5, 5.41) is 0. The van der Waals surface area contributed by atoms with Gasteiger partial charge in [-0.05, 0) is 54.3 Å². The lowest BCUT2D eigenvalue weighted by Crippen LogP contribution is -2.30. The summed E-state index contributed by atoms with van der Waals surface area (Å²) in [5.41, 5.74) is -1.14. The number of ether oxygens (including phenoxy) is 1. The molecule has 1 fully saturated rings. The van der Waals surface area contributed by atoms with E-state index in [0.717, 1.165) is 48.7 Å². The van der Waals surface area contributed by atoms with Gasteiger partial charge in [0, 0.05) is 32.3 Å². The van der Waals surface area contributed by atoms with Crippen LogP contribution in [-0.4, -0.2) is 42.1 Å². The molecule has 1 aromatic heterocycles. The molecule has 0 radical (unpaired) electrons. The number of hydrogen-bond donors (Lipinski definition) is 0. The number of ketones is 1. The Kier molecular flexibility index (Phi) is 7.56. The van der Waals surface area contributed by atoms with E-state index in [1.807, 2.05) is 0 Å². The molecule has 0 bridgehead atoms. The van der Waals surface area contributed by atoms with Crippen LogP contribution < -0.4 is 10.3 Å². The first-order chi connectivity index (χ1) is 17.9. The van der Waals surface area contributed by atoms with E-state index in [9.17, 15) is 36.0 Å². The second-order valence-electron chi connectivity index (χ2n) is 8.75. The number of carbonyl (C=O) groups is 2. The Hall–Kier alpha value is -3.77. The molecule has 2 aromatic carbocycles. The predicted molar refractivity (Wildman–Crippen MR) is 131 cm³/mol. The highest BCUT2D eigenvalue weighted by Gasteiger charge is 2.31. The van der Waals surface area contributed by atoms with Crippen LogP contribution in [-0.2, 0) is 27.5 Å². The second-order valence-corrected chi connectivity index (χ2v) is 10.7. The van der Waals surface area contributed by atoms with Crippen molar-refractivity contribution in [2.75, 3.05) is 13.1 Å². The lowest BCUT2D eigenvalue weighted by Gasteiger charge is -2.16. The number of pyridine rings is 1. The van der Waals surface area contributed by atoms with E-state index in [1.165, 1.54) is 40.7 Å². The summed E-state index contributed by atoms with van der Waals surface area (Å²) in [7, 11) is -3.84. The topological polar surface area (TPSA) is 103 Å². The van der Waals surface area contributed by atoms with Gasteiger partial charge in [-0.2, -0.15) is 17.5 Å². The standard InChI is InChI=1S/C26H23F3N2O6S/c1-17(32)37-24-14-19(18-5-4-6-20(13-18)26(27,28)29)7-9-22(24)23(33)16-30-15-21(8-10-25(30)34)38(35,36)31-11-2-3-12-31/h4-10,13-15H,2-3,11-12,16H2,1H3. The molecule has 12 heteroatoms. The molecule has 0 spiro atoms. The quantitative estimate of drug-likeness (QED) is 0.250. The lowest BCUT2D eigenvalue weighted by atomic mass is 9.99. The summed E-state index contributed by atoms with van der Waals surface area (Å²) < 4.78 is 72.7. The molecule has 0 amide bonds. The number of nitrogens with zero attached hydrogens (tertiary/aromatic N) is 2. The Morgan fingerprint density at radius 1 is 0.974 bits per heavy atom. The van der Waals surface area contributed by atoms with Crippen LogP contribution in [0, 0.1) is 0 Å². The van der Waals surface area contributed by atoms with Gasteiger partial charge in [0.2, 0.25) is 10.0 Å². The van der Waals surface area contributed by atoms with Crippen LogP contribution in [0.2, 0.25) is 0 Å². The van der Waals surface area contributed by atoms with E-state index in [1.54, 1.807) is 0 Å². The predicted octanol–water partition coefficient (Wildman–Crippen LogP) is 4.13. The molecule has 1 aliphatic rings. The molecule has 4 rings (SSSR count). The maximum Gasteiger partial charge on any atom is 0.416 e. The summed E-state index contributed by atoms with van der Waals surface area (Å²) in [4.78, 5) is 37.2. The zero-order valence-corrected chi connectivity index (χ0v) is 21.0. The summed E-state index contributed by atoms with van der Waals surface area (Å²) in [6.45, 7) is 1.27. The van der Waals surface area contributed by atoms with Crippen LogP contribution in [0.5, 0.6) is 5.75 Å². The first-order valence-electron chi connectivity index (χ1n) is 11.6. The van der Waals surface area contributed by atoms with Crippen LogP contribution >= 0.6 is 0 Å². The van der Waals surface area contributed by atoms with Crippen LogP contribution in [0.4, 0.5) is 13.2 Å². The van der Waals surface area contributed by atoms with Gasteiger partial charge in [0.05, 0.1) is 22.6 Å². The van der Waals surface area contributed by atoms with Crippen molar-refractivity contribution in [2.45, 2.75) is 37.4 Å². The van der Waals surface area contributed by atoms with Gasteiger partial charge in [-0.3, -0.25) is 14.4 Å². The van der Waals surface area contributed by atoms with Gasteiger partial charge < -0.3 is 9.30 Å². The smallest absolute Gasteiger partial charge is 0.416 e. The molecule has 0 aliphatic carbocycles. The molecule has 1 saturated heterocycles. The van der Waals surface area contributed by atoms with Gasteiger partial charge in [0.25, 0.3) is 5.56 Å². The number of esters is 1. The fourth-order valence-electron chi connectivity index (χ4n) is 4.15. The van der Waals surface area contributed by atoms with Crippen LogP contribution in [0.1, 0.15) is 35.7 Å². The first-order valence-corrected chi connectivity index (χ1v) is 13.0. The van der Waals surface area contributed by atoms with Gasteiger partial charge in [0.15, 0.2) is 5.78 Å². The number of alkyl halides is 3. The lowest BCUT2D eigenvalue weighted by molar-refractivity contribution is -0.137. The average Bonchev–Trinajstić information content (AvgIpc) is 3.40. The summed E-state index contributed by atoms with van der Waals surface area (Å²) in [6.07, 6.45) is -2.01. The molecule has 1 aliphatic heterocycles. The van der Waals surface area contributed by atoms with Gasteiger partial charge in [0.1, 0.15) is 5.75 Å². The van der Waals surface area contributed by atoms with Crippen molar-refractivity contribution in [2.24, 2.45) is 0 Å². The molecule has 0 saturated carbocycles. The second kappa shape index (κ2) is 10.5. The number of carbonyl (C=O) groups excluding carboxylic acids is 2. The van der Waals surface area contributed by atoms with Gasteiger partial charge in [-0.1, -0.05) is 18.2 Å². The SMILES string of the molecule is CC(=O)Oc1cc(-c2cccc(C(F)(F)F)c2)ccc1C(=O)Cn1cc(S(=O)(=O)N2CCCC2)ccc1=O. The summed E-state index contributed by atoms with van der Waals surface area (Å²) in [5.74, 6) is -1.64. The molecule has 0 atom stereocenters. The molecular formula is C26H23F3N2O6S. The molecular weight excluding hydrogens is 525 g/mol. The summed E-state index contributed by atoms with van der Waals surface area (Å²) in [6, 6.07) is 10.7. The van der Waals surface area contributed by atoms with Gasteiger partial charge in [-0.25, -0.2) is 8.42 Å². The number of hydrogen-bond acceptors (Lipinski definition) is 6. The number of aromatic nitrogens is 1. The maximum absolute atomic E-state index is 13.2. The largest absolute Gasteiger partial charge is 0.426 e. The highest BCUT2D eigenvalue weighted by Crippen LogP contribution is 2.34. The Labute approximate surface area is 216 Å². The van der Waals surface area contributed by atoms with Gasteiger partial charge >= 0.3 is 12.1 Å². The van der Waals surface area contributed by atoms with E-state index >= 15 is 0 Å². The van der Waals surface area contributed by atoms with Crippen LogP contribution in [0.15, 0.2) is 70.5 Å². The number of benzene rings is 2. The number of sulfonamides is 1. The first kappa shape index (κ1) is 27.3. The van der Waals surface area contributed by atoms with Gasteiger partial charge in [-0.15, -0.1) is 0 Å². The van der Waals surface area contributed by atoms with Crippen molar-refractivity contribution >= 4 is 21.8 Å². The molecule has 200 valence electrons. The van der Waals surface area contributed by atoms with Crippen molar-refractivity contribution in [3.8, 4) is 16.9 Å². The van der Waals surface area contributed by atoms with Crippen molar-refractivity contribution in [1.82, 2.24) is 8.87 Å². The minimum absolute atomic E-state index is 0.101. The zero-order valence-electron chi connectivity index (χ0n) is 20.2. The fraction of sp³-hybridized carbons (Fsp3) is 0.269. The third-order valence-electron chi connectivity index (χ3n) is 6.03. The van der Waals surface area contributed by atoms with E-state index in [4.69, 9.17) is 4.74 Å². The minimum Gasteiger partial charge on any atom is -0.426 e. The normalized spacial score (nSPS) is 14.4. The van der Waals surface area contributed by atoms with Crippen molar-refractivity contribution in [1.29, 1.82) is 0 Å². The highest BCUT2D eigenvalue weighted by molar-refractivity contribution is 7.89. The third kappa shape index (κ3) is 5.86. The van der Waals surface area contributed by atoms with Crippen molar-refractivity contribution < 1.29 is 35.9 Å². The monoisotopic (exact) mass is 548 g/mol. The Bertz CT molecular complexity index is 1560. The molecule has 38 heavy (non-hydrogen) atoms.